The minimum Gasteiger partial charge on any atom is -0.469 e. The first-order valence-electron chi connectivity index (χ1n) is 13.3. The molecule has 5 rings (SSSR count). The number of fused-ring (bicyclic) bond motifs is 1. The van der Waals surface area contributed by atoms with Gasteiger partial charge in [-0.15, -0.1) is 0 Å². The molecule has 0 spiro atoms. The van der Waals surface area contributed by atoms with Gasteiger partial charge in [-0.3, -0.25) is 9.59 Å². The molecule has 10 heteroatoms. The average molecular weight is 574 g/mol. The highest BCUT2D eigenvalue weighted by atomic mass is 35.5. The fraction of sp³-hybridized carbons (Fsp3) is 0.483. The molecule has 3 aromatic rings. The molecule has 39 heavy (non-hydrogen) atoms. The number of anilines is 2. The number of methoxy groups -OCH3 is 1. The Morgan fingerprint density at radius 2 is 1.97 bits per heavy atom. The molecule has 1 aliphatic carbocycles. The Balaban J connectivity index is 1.16. The molecule has 208 valence electrons. The van der Waals surface area contributed by atoms with Crippen LogP contribution >= 0.6 is 22.9 Å². The summed E-state index contributed by atoms with van der Waals surface area (Å²) in [7, 11) is 1.41. The summed E-state index contributed by atoms with van der Waals surface area (Å²) in [5.74, 6) is -0.387. The van der Waals surface area contributed by atoms with Crippen molar-refractivity contribution in [3.63, 3.8) is 0 Å². The zero-order valence-corrected chi connectivity index (χ0v) is 23.7. The van der Waals surface area contributed by atoms with Crippen molar-refractivity contribution in [3.8, 4) is 0 Å². The quantitative estimate of drug-likeness (QED) is 0.322. The second kappa shape index (κ2) is 12.2. The minimum absolute atomic E-state index is 0.0137. The van der Waals surface area contributed by atoms with E-state index in [0.29, 0.717) is 17.3 Å². The normalized spacial score (nSPS) is 23.2. The Morgan fingerprint density at radius 1 is 1.18 bits per heavy atom. The van der Waals surface area contributed by atoms with Gasteiger partial charge in [-0.25, -0.2) is 9.37 Å². The van der Waals surface area contributed by atoms with Gasteiger partial charge in [-0.05, 0) is 68.0 Å². The number of likely N-dealkylation sites (tertiary alicyclic amines) is 1. The van der Waals surface area contributed by atoms with Crippen molar-refractivity contribution in [2.24, 2.45) is 5.92 Å². The molecule has 0 unspecified atom stereocenters. The molecule has 1 aliphatic heterocycles. The molecule has 1 saturated carbocycles. The van der Waals surface area contributed by atoms with E-state index in [1.807, 2.05) is 31.2 Å². The summed E-state index contributed by atoms with van der Waals surface area (Å²) in [5.41, 5.74) is 3.58. The number of nitrogens with zero attached hydrogens (tertiary/aromatic N) is 2. The third-order valence-corrected chi connectivity index (χ3v) is 8.84. The van der Waals surface area contributed by atoms with Crippen LogP contribution in [-0.4, -0.2) is 60.3 Å². The number of amides is 1. The van der Waals surface area contributed by atoms with Crippen LogP contribution in [0.4, 0.5) is 15.2 Å². The fourth-order valence-corrected chi connectivity index (χ4v) is 6.68. The van der Waals surface area contributed by atoms with Gasteiger partial charge in [0.2, 0.25) is 5.91 Å². The number of esters is 1. The van der Waals surface area contributed by atoms with Crippen LogP contribution in [-0.2, 0) is 25.5 Å². The van der Waals surface area contributed by atoms with Gasteiger partial charge in [0.1, 0.15) is 6.17 Å². The number of hydrogen-bond donors (Lipinski definition) is 1. The van der Waals surface area contributed by atoms with Crippen LogP contribution in [0.15, 0.2) is 36.4 Å². The van der Waals surface area contributed by atoms with Gasteiger partial charge in [-0.2, -0.15) is 0 Å². The number of carbonyl (C=O) groups excluding carboxylic acids is 2. The summed E-state index contributed by atoms with van der Waals surface area (Å²) < 4.78 is 26.4. The molecule has 1 amide bonds. The minimum atomic E-state index is -1.06. The fourth-order valence-electron chi connectivity index (χ4n) is 5.45. The van der Waals surface area contributed by atoms with Crippen LogP contribution < -0.4 is 5.32 Å². The Bertz CT molecular complexity index is 1340. The molecular weight excluding hydrogens is 541 g/mol. The summed E-state index contributed by atoms with van der Waals surface area (Å²) in [6.45, 7) is 2.42. The first kappa shape index (κ1) is 27.8. The zero-order chi connectivity index (χ0) is 27.5. The van der Waals surface area contributed by atoms with Gasteiger partial charge in [0.05, 0.1) is 65.7 Å². The lowest BCUT2D eigenvalue weighted by molar-refractivity contribution is -0.148. The highest BCUT2D eigenvalue weighted by Gasteiger charge is 2.36. The standard InChI is InChI=1S/C29H33ClFN3O4S/c1-17-3-9-25-26(11-17)39-29(33-25)32-24-10-4-18(12-23(24)30)13-27(35)34-15-20(31)14-21(34)16-38-22-7-5-19(6-8-22)28(36)37-2/h3-4,9-12,19-22H,5-8,13-16H2,1-2H3,(H,32,33)/t19?,20-,21-,22?/m0/s1. The SMILES string of the molecule is COC(=O)C1CCC(OC[C@@H]2C[C@H](F)CN2C(=O)Cc2ccc(Nc3nc4ccc(C)cc4s3)c(Cl)c2)CC1. The van der Waals surface area contributed by atoms with E-state index < -0.39 is 6.17 Å². The summed E-state index contributed by atoms with van der Waals surface area (Å²) in [5, 5.41) is 4.51. The Hall–Kier alpha value is -2.75. The van der Waals surface area contributed by atoms with E-state index in [-0.39, 0.29) is 49.3 Å². The number of carbonyl (C=O) groups is 2. The molecule has 2 atom stereocenters. The van der Waals surface area contributed by atoms with Gasteiger partial charge in [0.25, 0.3) is 0 Å². The molecule has 2 heterocycles. The topological polar surface area (TPSA) is 80.8 Å². The van der Waals surface area contributed by atoms with Gasteiger partial charge < -0.3 is 19.7 Å². The molecule has 2 aromatic carbocycles. The maximum absolute atomic E-state index is 14.4. The number of alkyl halides is 1. The summed E-state index contributed by atoms with van der Waals surface area (Å²) in [4.78, 5) is 31.1. The van der Waals surface area contributed by atoms with Crippen molar-refractivity contribution in [3.05, 3.63) is 52.5 Å². The second-order valence-corrected chi connectivity index (χ2v) is 11.9. The van der Waals surface area contributed by atoms with Gasteiger partial charge in [0, 0.05) is 6.42 Å². The number of nitrogens with one attached hydrogen (secondary N) is 1. The van der Waals surface area contributed by atoms with Crippen molar-refractivity contribution in [2.75, 3.05) is 25.6 Å². The third kappa shape index (κ3) is 6.70. The smallest absolute Gasteiger partial charge is 0.308 e. The Morgan fingerprint density at radius 3 is 2.72 bits per heavy atom. The van der Waals surface area contributed by atoms with Gasteiger partial charge >= 0.3 is 5.97 Å². The van der Waals surface area contributed by atoms with Crippen molar-refractivity contribution >= 4 is 55.8 Å². The van der Waals surface area contributed by atoms with Crippen LogP contribution in [0.1, 0.15) is 43.2 Å². The number of aromatic nitrogens is 1. The van der Waals surface area contributed by atoms with E-state index in [2.05, 4.69) is 16.4 Å². The Kier molecular flexibility index (Phi) is 8.69. The van der Waals surface area contributed by atoms with Crippen LogP contribution in [0.25, 0.3) is 10.2 Å². The maximum atomic E-state index is 14.4. The second-order valence-electron chi connectivity index (χ2n) is 10.5. The summed E-state index contributed by atoms with van der Waals surface area (Å²) >= 11 is 8.11. The van der Waals surface area contributed by atoms with E-state index in [1.54, 1.807) is 22.3 Å². The van der Waals surface area contributed by atoms with E-state index in [0.717, 1.165) is 46.6 Å². The number of halogens is 2. The van der Waals surface area contributed by atoms with Gasteiger partial charge in [-0.1, -0.05) is 35.1 Å². The molecule has 1 aromatic heterocycles. The van der Waals surface area contributed by atoms with E-state index in [4.69, 9.17) is 21.1 Å². The molecule has 1 N–H and O–H groups in total. The molecule has 1 saturated heterocycles. The zero-order valence-electron chi connectivity index (χ0n) is 22.1. The van der Waals surface area contributed by atoms with E-state index in [9.17, 15) is 14.0 Å². The molecule has 2 aliphatic rings. The molecule has 0 bridgehead atoms. The lowest BCUT2D eigenvalue weighted by Crippen LogP contribution is -2.40. The number of rotatable bonds is 8. The first-order valence-corrected chi connectivity index (χ1v) is 14.5. The van der Waals surface area contributed by atoms with Crippen molar-refractivity contribution in [1.82, 2.24) is 9.88 Å². The van der Waals surface area contributed by atoms with Gasteiger partial charge in [0.15, 0.2) is 5.13 Å². The maximum Gasteiger partial charge on any atom is 0.308 e. The van der Waals surface area contributed by atoms with Crippen LogP contribution in [0, 0.1) is 12.8 Å². The largest absolute Gasteiger partial charge is 0.469 e. The lowest BCUT2D eigenvalue weighted by Gasteiger charge is -2.30. The molecule has 0 radical (unpaired) electrons. The summed E-state index contributed by atoms with van der Waals surface area (Å²) in [6, 6.07) is 11.3. The van der Waals surface area contributed by atoms with Crippen LogP contribution in [0.5, 0.6) is 0 Å². The number of thiazole rings is 1. The average Bonchev–Trinajstić information content (AvgIpc) is 3.50. The summed E-state index contributed by atoms with van der Waals surface area (Å²) in [6.07, 6.45) is 2.32. The predicted octanol–water partition coefficient (Wildman–Crippen LogP) is 6.23. The van der Waals surface area contributed by atoms with Crippen molar-refractivity contribution < 1.29 is 23.5 Å². The Labute approximate surface area is 236 Å². The number of aryl methyl sites for hydroxylation is 1. The van der Waals surface area contributed by atoms with Crippen LogP contribution in [0.3, 0.4) is 0 Å². The van der Waals surface area contributed by atoms with Crippen molar-refractivity contribution in [1.29, 1.82) is 0 Å². The van der Waals surface area contributed by atoms with Crippen LogP contribution in [0.2, 0.25) is 5.02 Å². The number of ether oxygens (including phenoxy) is 2. The van der Waals surface area contributed by atoms with Crippen molar-refractivity contribution in [2.45, 2.75) is 63.8 Å². The number of hydrogen-bond acceptors (Lipinski definition) is 7. The lowest BCUT2D eigenvalue weighted by atomic mass is 9.87. The highest BCUT2D eigenvalue weighted by Crippen LogP contribution is 2.33. The number of benzene rings is 2. The highest BCUT2D eigenvalue weighted by molar-refractivity contribution is 7.22. The molecule has 7 nitrogen and oxygen atoms in total. The monoisotopic (exact) mass is 573 g/mol. The van der Waals surface area contributed by atoms with E-state index in [1.165, 1.54) is 12.7 Å². The first-order chi connectivity index (χ1) is 18.8. The predicted molar refractivity (Wildman–Crippen MR) is 152 cm³/mol. The third-order valence-electron chi connectivity index (χ3n) is 7.59. The van der Waals surface area contributed by atoms with E-state index >= 15 is 0 Å². The molecular formula is C29H33ClFN3O4S. The molecule has 2 fully saturated rings.